The molecule has 0 atom stereocenters. The maximum atomic E-state index is 10.6. The highest BCUT2D eigenvalue weighted by Crippen LogP contribution is 2.07. The molecular formula is C9H18N4O2. The first-order valence-electron chi connectivity index (χ1n) is 5.11. The number of aliphatic imine (C=N–C) groups is 1. The number of hydrogen-bond donors (Lipinski definition) is 4. The predicted octanol–water partition coefficient (Wildman–Crippen LogP) is -0.753. The summed E-state index contributed by atoms with van der Waals surface area (Å²) in [5, 5.41) is 11.8. The Kier molecular flexibility index (Phi) is 4.05. The Morgan fingerprint density at radius 2 is 2.33 bits per heavy atom. The van der Waals surface area contributed by atoms with E-state index in [2.05, 4.69) is 10.3 Å². The fourth-order valence-electron chi connectivity index (χ4n) is 1.40. The minimum absolute atomic E-state index is 0.253. The largest absolute Gasteiger partial charge is 0.479 e. The Morgan fingerprint density at radius 3 is 2.87 bits per heavy atom. The quantitative estimate of drug-likeness (QED) is 0.449. The number of rotatable bonds is 5. The minimum atomic E-state index is -1.62. The van der Waals surface area contributed by atoms with Crippen LogP contribution in [0.2, 0.25) is 0 Å². The zero-order valence-electron chi connectivity index (χ0n) is 8.70. The molecule has 0 saturated heterocycles. The summed E-state index contributed by atoms with van der Waals surface area (Å²) in [6.07, 6.45) is 2.65. The van der Waals surface area contributed by atoms with Gasteiger partial charge >= 0.3 is 5.97 Å². The average Bonchev–Trinajstić information content (AvgIpc) is 2.19. The number of nitrogens with zero attached hydrogens (tertiary/aromatic N) is 1. The molecule has 0 amide bonds. The number of carbonyl (C=O) groups is 1. The number of nitrogens with two attached hydrogens (primary N) is 2. The van der Waals surface area contributed by atoms with Crippen molar-refractivity contribution in [1.29, 1.82) is 0 Å². The van der Waals surface area contributed by atoms with Crippen molar-refractivity contribution in [1.82, 2.24) is 5.32 Å². The Hall–Kier alpha value is -1.14. The fourth-order valence-corrected chi connectivity index (χ4v) is 1.40. The maximum Gasteiger partial charge on any atom is 0.338 e. The van der Waals surface area contributed by atoms with Gasteiger partial charge in [-0.3, -0.25) is 4.99 Å². The summed E-state index contributed by atoms with van der Waals surface area (Å²) < 4.78 is 0. The van der Waals surface area contributed by atoms with Crippen molar-refractivity contribution in [2.75, 3.05) is 13.1 Å². The maximum absolute atomic E-state index is 10.6. The van der Waals surface area contributed by atoms with Gasteiger partial charge < -0.3 is 21.9 Å². The Morgan fingerprint density at radius 1 is 1.60 bits per heavy atom. The summed E-state index contributed by atoms with van der Waals surface area (Å²) in [7, 11) is 0. The topological polar surface area (TPSA) is 114 Å². The van der Waals surface area contributed by atoms with E-state index in [0.717, 1.165) is 25.3 Å². The van der Waals surface area contributed by atoms with Gasteiger partial charge in [0.25, 0.3) is 0 Å². The van der Waals surface area contributed by atoms with Gasteiger partial charge in [0.15, 0.2) is 5.66 Å². The van der Waals surface area contributed by atoms with Crippen molar-refractivity contribution in [3.8, 4) is 0 Å². The molecule has 6 N–H and O–H groups in total. The van der Waals surface area contributed by atoms with E-state index < -0.39 is 11.6 Å². The number of nitrogens with one attached hydrogen (secondary N) is 1. The number of aliphatic carboxylic acids is 1. The molecule has 0 unspecified atom stereocenters. The normalized spacial score (nSPS) is 16.8. The van der Waals surface area contributed by atoms with E-state index in [4.69, 9.17) is 16.6 Å². The third kappa shape index (κ3) is 3.85. The molecule has 0 aromatic rings. The van der Waals surface area contributed by atoms with Gasteiger partial charge in [-0.25, -0.2) is 4.79 Å². The van der Waals surface area contributed by atoms with Crippen LogP contribution in [0.3, 0.4) is 0 Å². The van der Waals surface area contributed by atoms with Crippen LogP contribution >= 0.6 is 0 Å². The van der Waals surface area contributed by atoms with Crippen LogP contribution in [0.5, 0.6) is 0 Å². The van der Waals surface area contributed by atoms with Gasteiger partial charge in [-0.1, -0.05) is 0 Å². The van der Waals surface area contributed by atoms with Gasteiger partial charge in [-0.2, -0.15) is 0 Å². The summed E-state index contributed by atoms with van der Waals surface area (Å²) in [4.78, 5) is 14.9. The first-order chi connectivity index (χ1) is 7.02. The standard InChI is InChI=1S/C9H18N4O2/c10-9(11,8(14)15)4-1-3-7-12-5-2-6-13-7/h1-6,10-11H2,(H,12,13)(H,14,15). The second kappa shape index (κ2) is 5.09. The number of carboxylic acids is 1. The van der Waals surface area contributed by atoms with Crippen molar-refractivity contribution in [3.63, 3.8) is 0 Å². The zero-order valence-corrected chi connectivity index (χ0v) is 8.70. The van der Waals surface area contributed by atoms with Gasteiger partial charge in [-0.05, 0) is 19.3 Å². The molecule has 0 saturated carbocycles. The molecule has 1 rings (SSSR count). The molecule has 0 spiro atoms. The Bertz CT molecular complexity index is 263. The average molecular weight is 214 g/mol. The molecule has 0 aromatic heterocycles. The molecule has 1 aliphatic heterocycles. The lowest BCUT2D eigenvalue weighted by atomic mass is 10.0. The monoisotopic (exact) mass is 214 g/mol. The van der Waals surface area contributed by atoms with Crippen molar-refractivity contribution in [2.45, 2.75) is 31.3 Å². The van der Waals surface area contributed by atoms with E-state index >= 15 is 0 Å². The van der Waals surface area contributed by atoms with Crippen LogP contribution in [0, 0.1) is 0 Å². The second-order valence-corrected chi connectivity index (χ2v) is 3.81. The fraction of sp³-hybridized carbons (Fsp3) is 0.778. The lowest BCUT2D eigenvalue weighted by Crippen LogP contribution is -2.56. The minimum Gasteiger partial charge on any atom is -0.479 e. The van der Waals surface area contributed by atoms with Gasteiger partial charge in [0.05, 0.1) is 5.84 Å². The van der Waals surface area contributed by atoms with Crippen LogP contribution < -0.4 is 16.8 Å². The van der Waals surface area contributed by atoms with Gasteiger partial charge in [0, 0.05) is 19.5 Å². The number of carboxylic acid groups (broad SMARTS) is 1. The van der Waals surface area contributed by atoms with Gasteiger partial charge in [-0.15, -0.1) is 0 Å². The van der Waals surface area contributed by atoms with Crippen LogP contribution in [0.4, 0.5) is 0 Å². The number of amidine groups is 1. The first-order valence-corrected chi connectivity index (χ1v) is 5.11. The third-order valence-corrected chi connectivity index (χ3v) is 2.37. The lowest BCUT2D eigenvalue weighted by molar-refractivity contribution is -0.143. The molecule has 6 nitrogen and oxygen atoms in total. The molecule has 15 heavy (non-hydrogen) atoms. The van der Waals surface area contributed by atoms with Crippen molar-refractivity contribution >= 4 is 11.8 Å². The summed E-state index contributed by atoms with van der Waals surface area (Å²) in [5.74, 6) is -0.233. The van der Waals surface area contributed by atoms with Crippen molar-refractivity contribution < 1.29 is 9.90 Å². The van der Waals surface area contributed by atoms with E-state index in [1.165, 1.54) is 0 Å². The van der Waals surface area contributed by atoms with Gasteiger partial charge in [0.2, 0.25) is 0 Å². The van der Waals surface area contributed by atoms with Crippen LogP contribution in [-0.4, -0.2) is 35.7 Å². The van der Waals surface area contributed by atoms with Crippen LogP contribution in [0.15, 0.2) is 4.99 Å². The molecule has 1 aliphatic rings. The summed E-state index contributed by atoms with van der Waals surface area (Å²) in [6, 6.07) is 0. The van der Waals surface area contributed by atoms with Gasteiger partial charge in [0.1, 0.15) is 0 Å². The van der Waals surface area contributed by atoms with E-state index in [1.54, 1.807) is 0 Å². The van der Waals surface area contributed by atoms with Crippen LogP contribution in [-0.2, 0) is 4.79 Å². The molecular weight excluding hydrogens is 196 g/mol. The molecule has 1 heterocycles. The van der Waals surface area contributed by atoms with Crippen molar-refractivity contribution in [3.05, 3.63) is 0 Å². The van der Waals surface area contributed by atoms with Crippen molar-refractivity contribution in [2.24, 2.45) is 16.5 Å². The molecule has 0 bridgehead atoms. The molecule has 0 fully saturated rings. The highest BCUT2D eigenvalue weighted by molar-refractivity contribution is 5.82. The molecule has 0 aromatic carbocycles. The Balaban J connectivity index is 2.26. The molecule has 6 heteroatoms. The first kappa shape index (κ1) is 11.9. The highest BCUT2D eigenvalue weighted by Gasteiger charge is 2.27. The lowest BCUT2D eigenvalue weighted by Gasteiger charge is -2.20. The smallest absolute Gasteiger partial charge is 0.338 e. The molecule has 86 valence electrons. The summed E-state index contributed by atoms with van der Waals surface area (Å²) in [5.41, 5.74) is 9.17. The van der Waals surface area contributed by atoms with E-state index in [9.17, 15) is 4.79 Å². The second-order valence-electron chi connectivity index (χ2n) is 3.81. The third-order valence-electron chi connectivity index (χ3n) is 2.37. The van der Waals surface area contributed by atoms with Crippen LogP contribution in [0.1, 0.15) is 25.7 Å². The SMILES string of the molecule is NC(N)(CCCC1=NCCCN1)C(=O)O. The zero-order chi connectivity index (χ0) is 11.3. The summed E-state index contributed by atoms with van der Waals surface area (Å²) in [6.45, 7) is 1.78. The Labute approximate surface area is 88.7 Å². The van der Waals surface area contributed by atoms with E-state index in [1.807, 2.05) is 0 Å². The summed E-state index contributed by atoms with van der Waals surface area (Å²) >= 11 is 0. The van der Waals surface area contributed by atoms with Crippen LogP contribution in [0.25, 0.3) is 0 Å². The molecule has 0 aliphatic carbocycles. The predicted molar refractivity (Wildman–Crippen MR) is 57.5 cm³/mol. The molecule has 0 radical (unpaired) electrons. The van der Waals surface area contributed by atoms with E-state index in [-0.39, 0.29) is 6.42 Å². The number of hydrogen-bond acceptors (Lipinski definition) is 5. The van der Waals surface area contributed by atoms with E-state index in [0.29, 0.717) is 12.8 Å². The highest BCUT2D eigenvalue weighted by atomic mass is 16.4.